The molecule has 3 aromatic rings. The van der Waals surface area contributed by atoms with Gasteiger partial charge in [0.25, 0.3) is 5.91 Å². The Balaban J connectivity index is 1.29. The van der Waals surface area contributed by atoms with Gasteiger partial charge in [0.05, 0.1) is 24.0 Å². The molecular formula is C21H23N5O2S. The van der Waals surface area contributed by atoms with Crippen molar-refractivity contribution < 1.29 is 9.59 Å². The van der Waals surface area contributed by atoms with Crippen molar-refractivity contribution in [3.05, 3.63) is 53.6 Å². The third-order valence-corrected chi connectivity index (χ3v) is 5.74. The molecule has 0 radical (unpaired) electrons. The molecule has 0 spiro atoms. The summed E-state index contributed by atoms with van der Waals surface area (Å²) < 4.78 is 8.44. The SMILES string of the molecule is CCc1ccc(C(=O)N2CCN(CC(=O)Nc3cccc4nsnc34)CC2)cc1. The highest BCUT2D eigenvalue weighted by Crippen LogP contribution is 2.21. The number of benzene rings is 2. The minimum Gasteiger partial charge on any atom is -0.336 e. The molecule has 150 valence electrons. The van der Waals surface area contributed by atoms with Crippen LogP contribution in [0.5, 0.6) is 0 Å². The number of amides is 2. The van der Waals surface area contributed by atoms with Crippen LogP contribution in [0.1, 0.15) is 22.8 Å². The van der Waals surface area contributed by atoms with Crippen LogP contribution in [0.3, 0.4) is 0 Å². The number of carbonyl (C=O) groups excluding carboxylic acids is 2. The van der Waals surface area contributed by atoms with Crippen LogP contribution in [-0.2, 0) is 11.2 Å². The zero-order valence-corrected chi connectivity index (χ0v) is 17.1. The molecule has 2 heterocycles. The summed E-state index contributed by atoms with van der Waals surface area (Å²) in [5.74, 6) is -0.0279. The molecule has 1 aromatic heterocycles. The molecule has 0 unspecified atom stereocenters. The molecule has 0 saturated carbocycles. The van der Waals surface area contributed by atoms with Gasteiger partial charge < -0.3 is 10.2 Å². The van der Waals surface area contributed by atoms with E-state index in [1.165, 1.54) is 5.56 Å². The topological polar surface area (TPSA) is 78.4 Å². The van der Waals surface area contributed by atoms with Crippen LogP contribution < -0.4 is 5.32 Å². The van der Waals surface area contributed by atoms with Crippen molar-refractivity contribution in [3.63, 3.8) is 0 Å². The highest BCUT2D eigenvalue weighted by atomic mass is 32.1. The highest BCUT2D eigenvalue weighted by molar-refractivity contribution is 7.00. The predicted molar refractivity (Wildman–Crippen MR) is 114 cm³/mol. The van der Waals surface area contributed by atoms with E-state index in [2.05, 4.69) is 25.9 Å². The summed E-state index contributed by atoms with van der Waals surface area (Å²) in [6.07, 6.45) is 0.961. The molecule has 0 aliphatic carbocycles. The Bertz CT molecular complexity index is 1010. The van der Waals surface area contributed by atoms with Crippen molar-refractivity contribution in [2.75, 3.05) is 38.0 Å². The van der Waals surface area contributed by atoms with Crippen molar-refractivity contribution in [2.24, 2.45) is 0 Å². The number of rotatable bonds is 5. The molecule has 8 heteroatoms. The Labute approximate surface area is 173 Å². The molecule has 1 N–H and O–H groups in total. The zero-order chi connectivity index (χ0) is 20.2. The van der Waals surface area contributed by atoms with Crippen molar-refractivity contribution in [2.45, 2.75) is 13.3 Å². The van der Waals surface area contributed by atoms with E-state index in [1.54, 1.807) is 0 Å². The molecule has 1 fully saturated rings. The van der Waals surface area contributed by atoms with Gasteiger partial charge in [-0.3, -0.25) is 14.5 Å². The normalized spacial score (nSPS) is 14.9. The second-order valence-corrected chi connectivity index (χ2v) is 7.63. The zero-order valence-electron chi connectivity index (χ0n) is 16.3. The Hall–Kier alpha value is -2.84. The van der Waals surface area contributed by atoms with Gasteiger partial charge in [-0.2, -0.15) is 8.75 Å². The van der Waals surface area contributed by atoms with Gasteiger partial charge in [-0.15, -0.1) is 0 Å². The number of aryl methyl sites for hydroxylation is 1. The number of hydrogen-bond acceptors (Lipinski definition) is 6. The molecular weight excluding hydrogens is 386 g/mol. The Morgan fingerprint density at radius 1 is 1.03 bits per heavy atom. The number of nitrogens with one attached hydrogen (secondary N) is 1. The molecule has 2 aromatic carbocycles. The van der Waals surface area contributed by atoms with Crippen molar-refractivity contribution in [1.29, 1.82) is 0 Å². The van der Waals surface area contributed by atoms with Gasteiger partial charge in [0.2, 0.25) is 5.91 Å². The van der Waals surface area contributed by atoms with Gasteiger partial charge in [-0.05, 0) is 36.2 Å². The summed E-state index contributed by atoms with van der Waals surface area (Å²) in [6.45, 7) is 4.98. The second kappa shape index (κ2) is 8.67. The lowest BCUT2D eigenvalue weighted by molar-refractivity contribution is -0.117. The summed E-state index contributed by atoms with van der Waals surface area (Å²) in [6, 6.07) is 13.4. The van der Waals surface area contributed by atoms with Crippen LogP contribution in [-0.4, -0.2) is 63.1 Å². The maximum atomic E-state index is 12.7. The van der Waals surface area contributed by atoms with E-state index in [9.17, 15) is 9.59 Å². The van der Waals surface area contributed by atoms with Crippen LogP contribution >= 0.6 is 11.7 Å². The summed E-state index contributed by atoms with van der Waals surface area (Å²) in [4.78, 5) is 29.1. The molecule has 4 rings (SSSR count). The molecule has 0 atom stereocenters. The number of aromatic nitrogens is 2. The van der Waals surface area contributed by atoms with E-state index in [4.69, 9.17) is 0 Å². The van der Waals surface area contributed by atoms with Crippen molar-refractivity contribution >= 4 is 40.3 Å². The first-order valence-electron chi connectivity index (χ1n) is 9.75. The number of anilines is 1. The molecule has 7 nitrogen and oxygen atoms in total. The van der Waals surface area contributed by atoms with E-state index >= 15 is 0 Å². The summed E-state index contributed by atoms with van der Waals surface area (Å²) in [7, 11) is 0. The minimum atomic E-state index is -0.0829. The smallest absolute Gasteiger partial charge is 0.253 e. The summed E-state index contributed by atoms with van der Waals surface area (Å²) in [5.41, 5.74) is 4.13. The predicted octanol–water partition coefficient (Wildman–Crippen LogP) is 2.65. The fraction of sp³-hybridized carbons (Fsp3) is 0.333. The molecule has 1 aliphatic heterocycles. The second-order valence-electron chi connectivity index (χ2n) is 7.10. The fourth-order valence-corrected chi connectivity index (χ4v) is 4.02. The first-order valence-corrected chi connectivity index (χ1v) is 10.5. The quantitative estimate of drug-likeness (QED) is 0.701. The molecule has 2 amide bonds. The summed E-state index contributed by atoms with van der Waals surface area (Å²) in [5, 5.41) is 2.93. The van der Waals surface area contributed by atoms with Crippen molar-refractivity contribution in [3.8, 4) is 0 Å². The van der Waals surface area contributed by atoms with E-state index in [-0.39, 0.29) is 11.8 Å². The minimum absolute atomic E-state index is 0.0551. The van der Waals surface area contributed by atoms with Gasteiger partial charge >= 0.3 is 0 Å². The fourth-order valence-electron chi connectivity index (χ4n) is 3.47. The van der Waals surface area contributed by atoms with E-state index in [1.807, 2.05) is 47.4 Å². The van der Waals surface area contributed by atoms with Gasteiger partial charge in [0.15, 0.2) is 0 Å². The first kappa shape index (κ1) is 19.5. The van der Waals surface area contributed by atoms with Crippen LogP contribution in [0.15, 0.2) is 42.5 Å². The number of nitrogens with zero attached hydrogens (tertiary/aromatic N) is 4. The van der Waals surface area contributed by atoms with Crippen LogP contribution in [0.25, 0.3) is 11.0 Å². The Kier molecular flexibility index (Phi) is 5.82. The third kappa shape index (κ3) is 4.44. The van der Waals surface area contributed by atoms with Crippen molar-refractivity contribution in [1.82, 2.24) is 18.5 Å². The number of hydrogen-bond donors (Lipinski definition) is 1. The summed E-state index contributed by atoms with van der Waals surface area (Å²) >= 11 is 1.13. The third-order valence-electron chi connectivity index (χ3n) is 5.20. The molecule has 1 saturated heterocycles. The monoisotopic (exact) mass is 409 g/mol. The van der Waals surface area contributed by atoms with E-state index in [0.29, 0.717) is 38.4 Å². The maximum Gasteiger partial charge on any atom is 0.253 e. The number of carbonyl (C=O) groups is 2. The van der Waals surface area contributed by atoms with E-state index < -0.39 is 0 Å². The van der Waals surface area contributed by atoms with Gasteiger partial charge in [-0.1, -0.05) is 25.1 Å². The Morgan fingerprint density at radius 2 is 1.79 bits per heavy atom. The van der Waals surface area contributed by atoms with Gasteiger partial charge in [0.1, 0.15) is 11.0 Å². The lowest BCUT2D eigenvalue weighted by Gasteiger charge is -2.34. The average Bonchev–Trinajstić information content (AvgIpc) is 3.24. The first-order chi connectivity index (χ1) is 14.1. The standard InChI is InChI=1S/C21H23N5O2S/c1-2-15-6-8-16(9-7-15)21(28)26-12-10-25(11-13-26)14-19(27)22-17-4-3-5-18-20(17)24-29-23-18/h3-9H,2,10-14H2,1H3,(H,22,27). The van der Waals surface area contributed by atoms with E-state index in [0.717, 1.165) is 34.7 Å². The number of piperazine rings is 1. The Morgan fingerprint density at radius 3 is 2.52 bits per heavy atom. The molecule has 1 aliphatic rings. The number of fused-ring (bicyclic) bond motifs is 1. The molecule has 29 heavy (non-hydrogen) atoms. The molecule has 0 bridgehead atoms. The van der Waals surface area contributed by atoms with Gasteiger partial charge in [-0.25, -0.2) is 0 Å². The lowest BCUT2D eigenvalue weighted by atomic mass is 10.1. The van der Waals surface area contributed by atoms with Crippen LogP contribution in [0, 0.1) is 0 Å². The largest absolute Gasteiger partial charge is 0.336 e. The maximum absolute atomic E-state index is 12.7. The lowest BCUT2D eigenvalue weighted by Crippen LogP contribution is -2.50. The van der Waals surface area contributed by atoms with Gasteiger partial charge in [0, 0.05) is 31.7 Å². The average molecular weight is 410 g/mol. The van der Waals surface area contributed by atoms with Crippen LogP contribution in [0.4, 0.5) is 5.69 Å². The van der Waals surface area contributed by atoms with Crippen LogP contribution in [0.2, 0.25) is 0 Å². The highest BCUT2D eigenvalue weighted by Gasteiger charge is 2.23.